The second kappa shape index (κ2) is 9.62. The average Bonchev–Trinajstić information content (AvgIpc) is 3.67. The molecule has 0 atom stereocenters. The molecular weight excluding hydrogens is 562 g/mol. The fourth-order valence-corrected chi connectivity index (χ4v) is 7.12. The lowest BCUT2D eigenvalue weighted by Gasteiger charge is -2.10. The van der Waals surface area contributed by atoms with Crippen molar-refractivity contribution in [2.24, 2.45) is 0 Å². The number of rotatable bonds is 3. The van der Waals surface area contributed by atoms with Gasteiger partial charge >= 0.3 is 0 Å². The molecule has 46 heavy (non-hydrogen) atoms. The smallest absolute Gasteiger partial charge is 0.236 e. The van der Waals surface area contributed by atoms with Crippen molar-refractivity contribution < 1.29 is 4.42 Å². The average molecular weight is 588 g/mol. The van der Waals surface area contributed by atoms with Crippen LogP contribution in [0.3, 0.4) is 0 Å². The van der Waals surface area contributed by atoms with Crippen molar-refractivity contribution >= 4 is 65.4 Å². The number of fused-ring (bicyclic) bond motifs is 9. The number of aromatic nitrogens is 3. The highest BCUT2D eigenvalue weighted by Gasteiger charge is 2.23. The lowest BCUT2D eigenvalue weighted by Crippen LogP contribution is -2.02. The molecule has 0 amide bonds. The van der Waals surface area contributed by atoms with Crippen LogP contribution in [0.1, 0.15) is 0 Å². The van der Waals surface area contributed by atoms with Gasteiger partial charge in [-0.3, -0.25) is 4.57 Å². The Balaban J connectivity index is 1.37. The van der Waals surface area contributed by atoms with Crippen molar-refractivity contribution in [3.63, 3.8) is 0 Å². The molecule has 0 aliphatic carbocycles. The molecule has 4 nitrogen and oxygen atoms in total. The van der Waals surface area contributed by atoms with E-state index in [0.717, 1.165) is 66.1 Å². The topological polar surface area (TPSA) is 43.9 Å². The lowest BCUT2D eigenvalue weighted by atomic mass is 9.95. The minimum atomic E-state index is 0.618. The lowest BCUT2D eigenvalue weighted by molar-refractivity contribution is 0.667. The predicted molar refractivity (Wildman–Crippen MR) is 190 cm³/mol. The van der Waals surface area contributed by atoms with E-state index in [4.69, 9.17) is 14.4 Å². The highest BCUT2D eigenvalue weighted by molar-refractivity contribution is 6.22. The van der Waals surface area contributed by atoms with Gasteiger partial charge in [0.15, 0.2) is 5.58 Å². The molecule has 214 valence electrons. The van der Waals surface area contributed by atoms with Crippen LogP contribution in [-0.2, 0) is 0 Å². The molecule has 0 N–H and O–H groups in total. The number of hydrogen-bond donors (Lipinski definition) is 0. The van der Waals surface area contributed by atoms with E-state index in [1.54, 1.807) is 0 Å². The molecule has 4 heteroatoms. The van der Waals surface area contributed by atoms with Gasteiger partial charge < -0.3 is 4.42 Å². The van der Waals surface area contributed by atoms with E-state index in [-0.39, 0.29) is 0 Å². The fraction of sp³-hybridized carbons (Fsp3) is 0. The van der Waals surface area contributed by atoms with Crippen LogP contribution in [0.25, 0.3) is 93.8 Å². The van der Waals surface area contributed by atoms with Gasteiger partial charge in [-0.05, 0) is 56.9 Å². The Kier molecular flexibility index (Phi) is 5.25. The molecule has 0 bridgehead atoms. The number of para-hydroxylation sites is 2. The van der Waals surface area contributed by atoms with Crippen LogP contribution >= 0.6 is 0 Å². The van der Waals surface area contributed by atoms with Gasteiger partial charge in [0.05, 0.1) is 16.4 Å². The van der Waals surface area contributed by atoms with Crippen molar-refractivity contribution in [3.8, 4) is 28.3 Å². The monoisotopic (exact) mass is 587 g/mol. The van der Waals surface area contributed by atoms with E-state index < -0.39 is 0 Å². The van der Waals surface area contributed by atoms with Crippen molar-refractivity contribution in [1.82, 2.24) is 14.5 Å². The third kappa shape index (κ3) is 3.61. The second-order valence-corrected chi connectivity index (χ2v) is 11.8. The minimum Gasteiger partial charge on any atom is -0.452 e. The summed E-state index contributed by atoms with van der Waals surface area (Å²) in [6.07, 6.45) is 0. The molecule has 0 aliphatic heterocycles. The summed E-state index contributed by atoms with van der Waals surface area (Å²) in [5.41, 5.74) is 8.45. The maximum Gasteiger partial charge on any atom is 0.236 e. The zero-order valence-electron chi connectivity index (χ0n) is 24.7. The first-order chi connectivity index (χ1) is 22.8. The molecule has 3 heterocycles. The first-order valence-corrected chi connectivity index (χ1v) is 15.5. The van der Waals surface area contributed by atoms with Gasteiger partial charge in [-0.2, -0.15) is 0 Å². The zero-order chi connectivity index (χ0) is 30.2. The Morgan fingerprint density at radius 2 is 1.11 bits per heavy atom. The molecule has 3 aromatic heterocycles. The number of benzene rings is 7. The SMILES string of the molecule is c1ccc(-c2cc3oc4c(-c5ccc6ccccc6c5)nc(-n5c6ccccc6c6ccccc65)nc4c3c3ccccc23)cc1. The third-order valence-corrected chi connectivity index (χ3v) is 9.20. The Morgan fingerprint density at radius 3 is 1.87 bits per heavy atom. The van der Waals surface area contributed by atoms with E-state index in [1.165, 1.54) is 16.2 Å². The molecule has 0 aliphatic rings. The molecular formula is C42H25N3O. The van der Waals surface area contributed by atoms with Crippen molar-refractivity contribution in [2.45, 2.75) is 0 Å². The maximum absolute atomic E-state index is 6.83. The number of nitrogens with zero attached hydrogens (tertiary/aromatic N) is 3. The quantitative estimate of drug-likeness (QED) is 0.207. The van der Waals surface area contributed by atoms with Crippen LogP contribution in [0.15, 0.2) is 156 Å². The van der Waals surface area contributed by atoms with Crippen molar-refractivity contribution in [3.05, 3.63) is 152 Å². The van der Waals surface area contributed by atoms with Gasteiger partial charge in [-0.15, -0.1) is 0 Å². The summed E-state index contributed by atoms with van der Waals surface area (Å²) in [7, 11) is 0. The Bertz CT molecular complexity index is 2760. The fourth-order valence-electron chi connectivity index (χ4n) is 7.12. The zero-order valence-corrected chi connectivity index (χ0v) is 24.7. The molecule has 7 aromatic carbocycles. The van der Waals surface area contributed by atoms with Crippen LogP contribution in [0.4, 0.5) is 0 Å². The number of furan rings is 1. The van der Waals surface area contributed by atoms with Gasteiger partial charge in [0.1, 0.15) is 16.8 Å². The van der Waals surface area contributed by atoms with Crippen molar-refractivity contribution in [1.29, 1.82) is 0 Å². The molecule has 0 saturated heterocycles. The summed E-state index contributed by atoms with van der Waals surface area (Å²) in [6.45, 7) is 0. The largest absolute Gasteiger partial charge is 0.452 e. The van der Waals surface area contributed by atoms with Crippen LogP contribution in [0.2, 0.25) is 0 Å². The molecule has 0 radical (unpaired) electrons. The highest BCUT2D eigenvalue weighted by Crippen LogP contribution is 2.42. The standard InChI is InChI=1S/C42H25N3O/c1-2-13-27(14-3-1)34-25-37-38(33-19-7-6-16-30(33)34)40-41(46-37)39(29-23-22-26-12-4-5-15-28(26)24-29)43-42(44-40)45-35-20-10-8-17-31(35)32-18-9-11-21-36(32)45/h1-25H. The normalized spacial score (nSPS) is 11.9. The van der Waals surface area contributed by atoms with E-state index >= 15 is 0 Å². The summed E-state index contributed by atoms with van der Waals surface area (Å²) < 4.78 is 9.02. The van der Waals surface area contributed by atoms with Crippen molar-refractivity contribution in [2.75, 3.05) is 0 Å². The molecule has 10 rings (SSSR count). The first-order valence-electron chi connectivity index (χ1n) is 15.5. The van der Waals surface area contributed by atoms with Crippen LogP contribution in [-0.4, -0.2) is 14.5 Å². The second-order valence-electron chi connectivity index (χ2n) is 11.8. The van der Waals surface area contributed by atoms with Crippen LogP contribution in [0.5, 0.6) is 0 Å². The van der Waals surface area contributed by atoms with Gasteiger partial charge in [0.2, 0.25) is 5.95 Å². The van der Waals surface area contributed by atoms with E-state index in [2.05, 4.69) is 150 Å². The Morgan fingerprint density at radius 1 is 0.478 bits per heavy atom. The number of hydrogen-bond acceptors (Lipinski definition) is 3. The predicted octanol–water partition coefficient (Wildman–Crippen LogP) is 11.1. The van der Waals surface area contributed by atoms with E-state index in [9.17, 15) is 0 Å². The molecule has 0 saturated carbocycles. The Labute approximate surface area is 263 Å². The highest BCUT2D eigenvalue weighted by atomic mass is 16.3. The first kappa shape index (κ1) is 25.1. The van der Waals surface area contributed by atoms with E-state index in [0.29, 0.717) is 11.5 Å². The third-order valence-electron chi connectivity index (χ3n) is 9.20. The summed E-state index contributed by atoms with van der Waals surface area (Å²) in [6, 6.07) is 53.1. The molecule has 0 spiro atoms. The summed E-state index contributed by atoms with van der Waals surface area (Å²) in [4.78, 5) is 10.7. The van der Waals surface area contributed by atoms with Gasteiger partial charge in [-0.25, -0.2) is 9.97 Å². The molecule has 0 unspecified atom stereocenters. The van der Waals surface area contributed by atoms with Gasteiger partial charge in [0, 0.05) is 16.3 Å². The van der Waals surface area contributed by atoms with E-state index in [1.807, 2.05) is 6.07 Å². The van der Waals surface area contributed by atoms with Gasteiger partial charge in [-0.1, -0.05) is 127 Å². The van der Waals surface area contributed by atoms with Crippen LogP contribution < -0.4 is 0 Å². The van der Waals surface area contributed by atoms with Gasteiger partial charge in [0.25, 0.3) is 0 Å². The minimum absolute atomic E-state index is 0.618. The summed E-state index contributed by atoms with van der Waals surface area (Å²) in [5, 5.41) is 7.94. The summed E-state index contributed by atoms with van der Waals surface area (Å²) >= 11 is 0. The van der Waals surface area contributed by atoms with Crippen LogP contribution in [0, 0.1) is 0 Å². The molecule has 10 aromatic rings. The molecule has 0 fully saturated rings. The summed E-state index contributed by atoms with van der Waals surface area (Å²) in [5.74, 6) is 0.618. The maximum atomic E-state index is 6.83. The Hall–Kier alpha value is -6.26.